The molecule has 0 aromatic heterocycles. The smallest absolute Gasteiger partial charge is 0.226 e. The van der Waals surface area contributed by atoms with Crippen molar-refractivity contribution in [1.82, 2.24) is 5.32 Å². The first-order valence-corrected chi connectivity index (χ1v) is 6.14. The van der Waals surface area contributed by atoms with Gasteiger partial charge < -0.3 is 10.1 Å². The number of carbonyl (C=O) groups excluding carboxylic acids is 1. The van der Waals surface area contributed by atoms with E-state index in [1.807, 2.05) is 6.92 Å². The molecule has 0 atom stereocenters. The van der Waals surface area contributed by atoms with Crippen LogP contribution in [0.3, 0.4) is 0 Å². The van der Waals surface area contributed by atoms with Gasteiger partial charge in [0.25, 0.3) is 0 Å². The molecule has 0 aliphatic rings. The SMILES string of the molecule is COCCCNC(=O)C(C)(C(C)C)C(C)C. The van der Waals surface area contributed by atoms with Gasteiger partial charge in [-0.2, -0.15) is 0 Å². The Bertz CT molecular complexity index is 204. The number of hydrogen-bond donors (Lipinski definition) is 1. The monoisotopic (exact) mass is 229 g/mol. The zero-order chi connectivity index (χ0) is 12.8. The van der Waals surface area contributed by atoms with Crippen LogP contribution in [0.15, 0.2) is 0 Å². The first-order valence-electron chi connectivity index (χ1n) is 6.14. The maximum absolute atomic E-state index is 12.2. The highest BCUT2D eigenvalue weighted by molar-refractivity contribution is 5.82. The first kappa shape index (κ1) is 15.4. The fourth-order valence-electron chi connectivity index (χ4n) is 1.80. The van der Waals surface area contributed by atoms with Gasteiger partial charge >= 0.3 is 0 Å². The molecule has 0 fully saturated rings. The summed E-state index contributed by atoms with van der Waals surface area (Å²) >= 11 is 0. The van der Waals surface area contributed by atoms with Gasteiger partial charge in [0.05, 0.1) is 5.41 Å². The summed E-state index contributed by atoms with van der Waals surface area (Å²) in [6.45, 7) is 11.9. The largest absolute Gasteiger partial charge is 0.385 e. The second-order valence-electron chi connectivity index (χ2n) is 5.19. The zero-order valence-electron chi connectivity index (χ0n) is 11.6. The van der Waals surface area contributed by atoms with Crippen molar-refractivity contribution in [2.75, 3.05) is 20.3 Å². The third kappa shape index (κ3) is 3.78. The number of methoxy groups -OCH3 is 1. The van der Waals surface area contributed by atoms with Gasteiger partial charge in [0.1, 0.15) is 0 Å². The van der Waals surface area contributed by atoms with Crippen molar-refractivity contribution in [2.24, 2.45) is 17.3 Å². The summed E-state index contributed by atoms with van der Waals surface area (Å²) in [6, 6.07) is 0. The van der Waals surface area contributed by atoms with E-state index in [4.69, 9.17) is 4.74 Å². The lowest BCUT2D eigenvalue weighted by Gasteiger charge is -2.36. The van der Waals surface area contributed by atoms with Crippen molar-refractivity contribution in [2.45, 2.75) is 41.0 Å². The van der Waals surface area contributed by atoms with Gasteiger partial charge in [-0.1, -0.05) is 34.6 Å². The van der Waals surface area contributed by atoms with Gasteiger partial charge in [-0.15, -0.1) is 0 Å². The van der Waals surface area contributed by atoms with E-state index >= 15 is 0 Å². The van der Waals surface area contributed by atoms with E-state index in [0.717, 1.165) is 6.42 Å². The highest BCUT2D eigenvalue weighted by Crippen LogP contribution is 2.35. The molecule has 0 aromatic carbocycles. The summed E-state index contributed by atoms with van der Waals surface area (Å²) in [6.07, 6.45) is 0.870. The van der Waals surface area contributed by atoms with Gasteiger partial charge in [0, 0.05) is 20.3 Å². The Morgan fingerprint density at radius 2 is 1.75 bits per heavy atom. The first-order chi connectivity index (χ1) is 7.37. The van der Waals surface area contributed by atoms with Crippen molar-refractivity contribution in [1.29, 1.82) is 0 Å². The molecular formula is C13H27NO2. The molecule has 0 bridgehead atoms. The van der Waals surface area contributed by atoms with Crippen molar-refractivity contribution in [3.63, 3.8) is 0 Å². The lowest BCUT2D eigenvalue weighted by Crippen LogP contribution is -2.46. The Morgan fingerprint density at radius 1 is 1.25 bits per heavy atom. The summed E-state index contributed by atoms with van der Waals surface area (Å²) in [5, 5.41) is 3.00. The van der Waals surface area contributed by atoms with Gasteiger partial charge in [0.2, 0.25) is 5.91 Å². The Balaban J connectivity index is 4.30. The Hall–Kier alpha value is -0.570. The van der Waals surface area contributed by atoms with Crippen LogP contribution in [0.4, 0.5) is 0 Å². The number of nitrogens with one attached hydrogen (secondary N) is 1. The third-order valence-corrected chi connectivity index (χ3v) is 3.70. The minimum absolute atomic E-state index is 0.161. The molecule has 0 spiro atoms. The number of rotatable bonds is 7. The number of carbonyl (C=O) groups is 1. The van der Waals surface area contributed by atoms with E-state index in [-0.39, 0.29) is 11.3 Å². The van der Waals surface area contributed by atoms with Crippen molar-refractivity contribution in [3.8, 4) is 0 Å². The van der Waals surface area contributed by atoms with Crippen LogP contribution in [-0.4, -0.2) is 26.2 Å². The Morgan fingerprint density at radius 3 is 2.12 bits per heavy atom. The lowest BCUT2D eigenvalue weighted by molar-refractivity contribution is -0.135. The van der Waals surface area contributed by atoms with Crippen LogP contribution in [-0.2, 0) is 9.53 Å². The normalized spacial score (nSPS) is 12.2. The number of ether oxygens (including phenoxy) is 1. The van der Waals surface area contributed by atoms with Crippen LogP contribution < -0.4 is 5.32 Å². The summed E-state index contributed by atoms with van der Waals surface area (Å²) < 4.78 is 4.95. The molecule has 0 aliphatic heterocycles. The van der Waals surface area contributed by atoms with E-state index in [2.05, 4.69) is 33.0 Å². The maximum atomic E-state index is 12.2. The third-order valence-electron chi connectivity index (χ3n) is 3.70. The molecule has 0 saturated heterocycles. The van der Waals surface area contributed by atoms with Gasteiger partial charge in [0.15, 0.2) is 0 Å². The summed E-state index contributed by atoms with van der Waals surface area (Å²) in [5.74, 6) is 0.846. The topological polar surface area (TPSA) is 38.3 Å². The maximum Gasteiger partial charge on any atom is 0.226 e. The van der Waals surface area contributed by atoms with Gasteiger partial charge in [-0.3, -0.25) is 4.79 Å². The average molecular weight is 229 g/mol. The Labute approximate surface area is 99.9 Å². The summed E-state index contributed by atoms with van der Waals surface area (Å²) in [5.41, 5.74) is -0.285. The summed E-state index contributed by atoms with van der Waals surface area (Å²) in [7, 11) is 1.67. The zero-order valence-corrected chi connectivity index (χ0v) is 11.6. The van der Waals surface area contributed by atoms with Crippen LogP contribution in [0.25, 0.3) is 0 Å². The highest BCUT2D eigenvalue weighted by Gasteiger charge is 2.39. The fourth-order valence-corrected chi connectivity index (χ4v) is 1.80. The van der Waals surface area contributed by atoms with Crippen LogP contribution in [0.2, 0.25) is 0 Å². The molecule has 3 heteroatoms. The molecule has 3 nitrogen and oxygen atoms in total. The van der Waals surface area contributed by atoms with Crippen LogP contribution in [0.1, 0.15) is 41.0 Å². The molecule has 1 N–H and O–H groups in total. The molecule has 0 aliphatic carbocycles. The van der Waals surface area contributed by atoms with Crippen LogP contribution in [0.5, 0.6) is 0 Å². The minimum atomic E-state index is -0.285. The predicted octanol–water partition coefficient (Wildman–Crippen LogP) is 2.46. The minimum Gasteiger partial charge on any atom is -0.385 e. The predicted molar refractivity (Wildman–Crippen MR) is 67.3 cm³/mol. The van der Waals surface area contributed by atoms with E-state index < -0.39 is 0 Å². The average Bonchev–Trinajstić information content (AvgIpc) is 2.22. The Kier molecular flexibility index (Phi) is 6.65. The molecular weight excluding hydrogens is 202 g/mol. The fraction of sp³-hybridized carbons (Fsp3) is 0.923. The molecule has 16 heavy (non-hydrogen) atoms. The van der Waals surface area contributed by atoms with E-state index in [1.165, 1.54) is 0 Å². The molecule has 0 saturated carbocycles. The molecule has 0 aromatic rings. The highest BCUT2D eigenvalue weighted by atomic mass is 16.5. The van der Waals surface area contributed by atoms with Crippen molar-refractivity contribution >= 4 is 5.91 Å². The van der Waals surface area contributed by atoms with Crippen LogP contribution in [0, 0.1) is 17.3 Å². The molecule has 0 radical (unpaired) electrons. The summed E-state index contributed by atoms with van der Waals surface area (Å²) in [4.78, 5) is 12.2. The lowest BCUT2D eigenvalue weighted by atomic mass is 9.70. The molecule has 0 rings (SSSR count). The second-order valence-corrected chi connectivity index (χ2v) is 5.19. The standard InChI is InChI=1S/C13H27NO2/c1-10(2)13(5,11(3)4)12(15)14-8-7-9-16-6/h10-11H,7-9H2,1-6H3,(H,14,15). The van der Waals surface area contributed by atoms with Gasteiger partial charge in [-0.05, 0) is 18.3 Å². The molecule has 0 unspecified atom stereocenters. The quantitative estimate of drug-likeness (QED) is 0.681. The van der Waals surface area contributed by atoms with E-state index in [0.29, 0.717) is 25.0 Å². The van der Waals surface area contributed by atoms with Crippen molar-refractivity contribution < 1.29 is 9.53 Å². The van der Waals surface area contributed by atoms with E-state index in [1.54, 1.807) is 7.11 Å². The molecule has 96 valence electrons. The number of hydrogen-bond acceptors (Lipinski definition) is 2. The van der Waals surface area contributed by atoms with Gasteiger partial charge in [-0.25, -0.2) is 0 Å². The molecule has 1 amide bonds. The van der Waals surface area contributed by atoms with Crippen LogP contribution >= 0.6 is 0 Å². The van der Waals surface area contributed by atoms with E-state index in [9.17, 15) is 4.79 Å². The van der Waals surface area contributed by atoms with Crippen molar-refractivity contribution in [3.05, 3.63) is 0 Å². The molecule has 0 heterocycles. The second kappa shape index (κ2) is 6.89. The number of amides is 1.